The number of nitrogens with one attached hydrogen (secondary N) is 1. The summed E-state index contributed by atoms with van der Waals surface area (Å²) in [7, 11) is 0. The highest BCUT2D eigenvalue weighted by Gasteiger charge is 2.13. The van der Waals surface area contributed by atoms with Crippen LogP contribution < -0.4 is 5.32 Å². The molecule has 2 aromatic rings. The van der Waals surface area contributed by atoms with Crippen LogP contribution in [0.4, 0.5) is 10.5 Å². The Morgan fingerprint density at radius 2 is 1.68 bits per heavy atom. The van der Waals surface area contributed by atoms with Crippen molar-refractivity contribution >= 4 is 17.7 Å². The monoisotopic (exact) mass is 258 g/mol. The van der Waals surface area contributed by atoms with Crippen molar-refractivity contribution < 1.29 is 19.8 Å². The average molecular weight is 258 g/mol. The number of benzene rings is 1. The topological polar surface area (TPSA) is 99.5 Å². The van der Waals surface area contributed by atoms with Gasteiger partial charge in [0.1, 0.15) is 0 Å². The van der Waals surface area contributed by atoms with E-state index >= 15 is 0 Å². The van der Waals surface area contributed by atoms with E-state index in [9.17, 15) is 9.59 Å². The minimum atomic E-state index is -1.31. The molecule has 96 valence electrons. The van der Waals surface area contributed by atoms with Gasteiger partial charge in [0, 0.05) is 12.4 Å². The molecule has 1 aromatic heterocycles. The van der Waals surface area contributed by atoms with E-state index in [1.165, 1.54) is 12.1 Å². The third-order valence-corrected chi connectivity index (χ3v) is 2.51. The quantitative estimate of drug-likeness (QED) is 0.785. The van der Waals surface area contributed by atoms with Crippen LogP contribution in [0.1, 0.15) is 10.4 Å². The Kier molecular flexibility index (Phi) is 3.42. The van der Waals surface area contributed by atoms with Crippen molar-refractivity contribution in [3.05, 3.63) is 48.3 Å². The van der Waals surface area contributed by atoms with Crippen LogP contribution in [-0.4, -0.2) is 27.3 Å². The number of aromatic nitrogens is 1. The lowest BCUT2D eigenvalue weighted by Gasteiger charge is -2.08. The lowest BCUT2D eigenvalue weighted by molar-refractivity contribution is 0.0698. The van der Waals surface area contributed by atoms with E-state index in [0.717, 1.165) is 5.56 Å². The normalized spacial score (nSPS) is 9.89. The maximum absolute atomic E-state index is 11.0. The predicted molar refractivity (Wildman–Crippen MR) is 68.3 cm³/mol. The van der Waals surface area contributed by atoms with Gasteiger partial charge < -0.3 is 10.2 Å². The van der Waals surface area contributed by atoms with Crippen molar-refractivity contribution in [3.63, 3.8) is 0 Å². The van der Waals surface area contributed by atoms with E-state index < -0.39 is 12.1 Å². The summed E-state index contributed by atoms with van der Waals surface area (Å²) >= 11 is 0. The van der Waals surface area contributed by atoms with Crippen molar-refractivity contribution in [1.29, 1.82) is 0 Å². The lowest BCUT2D eigenvalue weighted by atomic mass is 10.0. The molecule has 0 bridgehead atoms. The van der Waals surface area contributed by atoms with Gasteiger partial charge >= 0.3 is 12.1 Å². The Morgan fingerprint density at radius 1 is 1.00 bits per heavy atom. The van der Waals surface area contributed by atoms with Gasteiger partial charge in [-0.05, 0) is 35.4 Å². The summed E-state index contributed by atoms with van der Waals surface area (Å²) in [6.07, 6.45) is 1.89. The molecule has 0 radical (unpaired) electrons. The highest BCUT2D eigenvalue weighted by atomic mass is 16.4. The molecule has 1 amide bonds. The summed E-state index contributed by atoms with van der Waals surface area (Å²) in [5.41, 5.74) is 1.46. The van der Waals surface area contributed by atoms with Crippen LogP contribution in [-0.2, 0) is 0 Å². The molecule has 0 aliphatic heterocycles. The summed E-state index contributed by atoms with van der Waals surface area (Å²) in [5.74, 6) is -1.19. The summed E-state index contributed by atoms with van der Waals surface area (Å²) in [6, 6.07) is 7.96. The molecule has 6 nitrogen and oxygen atoms in total. The van der Waals surface area contributed by atoms with Crippen LogP contribution in [0.2, 0.25) is 0 Å². The van der Waals surface area contributed by atoms with Gasteiger partial charge in [0.05, 0.1) is 11.3 Å². The first-order chi connectivity index (χ1) is 9.08. The Labute approximate surface area is 108 Å². The first kappa shape index (κ1) is 12.6. The molecule has 0 aliphatic rings. The molecular weight excluding hydrogens is 248 g/mol. The fraction of sp³-hybridized carbons (Fsp3) is 0. The van der Waals surface area contributed by atoms with Crippen molar-refractivity contribution in [1.82, 2.24) is 4.98 Å². The molecule has 0 atom stereocenters. The number of nitrogens with zero attached hydrogens (tertiary/aromatic N) is 1. The Balaban J connectivity index is 2.49. The Morgan fingerprint density at radius 3 is 2.26 bits per heavy atom. The van der Waals surface area contributed by atoms with E-state index in [0.29, 0.717) is 5.56 Å². The number of hydrogen-bond acceptors (Lipinski definition) is 3. The number of anilines is 1. The lowest BCUT2D eigenvalue weighted by Crippen LogP contribution is -2.11. The molecule has 19 heavy (non-hydrogen) atoms. The summed E-state index contributed by atoms with van der Waals surface area (Å²) < 4.78 is 0. The number of amides is 1. The standard InChI is InChI=1S/C13H10N2O4/c16-12(17)10-2-1-9(7-11(10)15-13(18)19)8-3-5-14-6-4-8/h1-7,15H,(H,16,17)(H,18,19). The third-order valence-electron chi connectivity index (χ3n) is 2.51. The predicted octanol–water partition coefficient (Wildman–Crippen LogP) is 2.54. The molecule has 6 heteroatoms. The van der Waals surface area contributed by atoms with Gasteiger partial charge in [-0.25, -0.2) is 9.59 Å². The SMILES string of the molecule is O=C(O)Nc1cc(-c2ccncc2)ccc1C(=O)O. The molecular formula is C13H10N2O4. The van der Waals surface area contributed by atoms with Crippen LogP contribution in [0.5, 0.6) is 0 Å². The average Bonchev–Trinajstić information content (AvgIpc) is 2.38. The van der Waals surface area contributed by atoms with Gasteiger partial charge in [-0.3, -0.25) is 10.3 Å². The minimum Gasteiger partial charge on any atom is -0.478 e. The number of hydrogen-bond donors (Lipinski definition) is 3. The summed E-state index contributed by atoms with van der Waals surface area (Å²) in [5, 5.41) is 19.8. The van der Waals surface area contributed by atoms with Gasteiger partial charge in [0.15, 0.2) is 0 Å². The van der Waals surface area contributed by atoms with Gasteiger partial charge in [0.25, 0.3) is 0 Å². The number of carboxylic acids is 1. The third kappa shape index (κ3) is 2.86. The maximum atomic E-state index is 11.0. The Hall–Kier alpha value is -2.89. The molecule has 0 spiro atoms. The smallest absolute Gasteiger partial charge is 0.409 e. The zero-order valence-corrected chi connectivity index (χ0v) is 9.70. The molecule has 1 aromatic carbocycles. The van der Waals surface area contributed by atoms with E-state index in [-0.39, 0.29) is 11.3 Å². The van der Waals surface area contributed by atoms with Gasteiger partial charge in [0.2, 0.25) is 0 Å². The van der Waals surface area contributed by atoms with Crippen molar-refractivity contribution in [2.24, 2.45) is 0 Å². The highest BCUT2D eigenvalue weighted by Crippen LogP contribution is 2.25. The van der Waals surface area contributed by atoms with Crippen molar-refractivity contribution in [2.45, 2.75) is 0 Å². The second-order valence-electron chi connectivity index (χ2n) is 3.73. The summed E-state index contributed by atoms with van der Waals surface area (Å²) in [6.45, 7) is 0. The first-order valence-corrected chi connectivity index (χ1v) is 5.35. The van der Waals surface area contributed by atoms with E-state index in [4.69, 9.17) is 10.2 Å². The van der Waals surface area contributed by atoms with Crippen molar-refractivity contribution in [2.75, 3.05) is 5.32 Å². The van der Waals surface area contributed by atoms with E-state index in [1.54, 1.807) is 30.6 Å². The van der Waals surface area contributed by atoms with E-state index in [2.05, 4.69) is 10.3 Å². The zero-order valence-electron chi connectivity index (χ0n) is 9.70. The number of aromatic carboxylic acids is 1. The van der Waals surface area contributed by atoms with Gasteiger partial charge in [-0.15, -0.1) is 0 Å². The molecule has 3 N–H and O–H groups in total. The fourth-order valence-electron chi connectivity index (χ4n) is 1.67. The van der Waals surface area contributed by atoms with E-state index in [1.807, 2.05) is 0 Å². The summed E-state index contributed by atoms with van der Waals surface area (Å²) in [4.78, 5) is 25.6. The first-order valence-electron chi connectivity index (χ1n) is 5.35. The Bertz CT molecular complexity index is 626. The van der Waals surface area contributed by atoms with Crippen LogP contribution in [0.3, 0.4) is 0 Å². The fourth-order valence-corrected chi connectivity index (χ4v) is 1.67. The molecule has 0 aliphatic carbocycles. The van der Waals surface area contributed by atoms with Crippen LogP contribution in [0.25, 0.3) is 11.1 Å². The van der Waals surface area contributed by atoms with Crippen molar-refractivity contribution in [3.8, 4) is 11.1 Å². The molecule has 0 fully saturated rings. The highest BCUT2D eigenvalue weighted by molar-refractivity contribution is 5.99. The van der Waals surface area contributed by atoms with Crippen LogP contribution >= 0.6 is 0 Å². The van der Waals surface area contributed by atoms with Gasteiger partial charge in [-0.2, -0.15) is 0 Å². The molecule has 2 rings (SSSR count). The number of carboxylic acid groups (broad SMARTS) is 2. The molecule has 0 saturated carbocycles. The maximum Gasteiger partial charge on any atom is 0.409 e. The minimum absolute atomic E-state index is 0.0364. The number of carbonyl (C=O) groups is 2. The van der Waals surface area contributed by atoms with Crippen LogP contribution in [0.15, 0.2) is 42.7 Å². The molecule has 1 heterocycles. The van der Waals surface area contributed by atoms with Crippen LogP contribution in [0, 0.1) is 0 Å². The van der Waals surface area contributed by atoms with Gasteiger partial charge in [-0.1, -0.05) is 6.07 Å². The zero-order chi connectivity index (χ0) is 13.8. The second kappa shape index (κ2) is 5.18. The number of rotatable bonds is 3. The largest absolute Gasteiger partial charge is 0.478 e. The molecule has 0 saturated heterocycles. The molecule has 0 unspecified atom stereocenters. The second-order valence-corrected chi connectivity index (χ2v) is 3.73. The number of pyridine rings is 1.